The van der Waals surface area contributed by atoms with E-state index in [1.807, 2.05) is 24.3 Å². The minimum absolute atomic E-state index is 0.0982. The van der Waals surface area contributed by atoms with Crippen molar-refractivity contribution in [3.63, 3.8) is 0 Å². The van der Waals surface area contributed by atoms with Crippen molar-refractivity contribution in [2.24, 2.45) is 5.92 Å². The first kappa shape index (κ1) is 17.2. The van der Waals surface area contributed by atoms with Crippen molar-refractivity contribution in [1.29, 1.82) is 0 Å². The van der Waals surface area contributed by atoms with Crippen LogP contribution in [0.25, 0.3) is 10.9 Å². The summed E-state index contributed by atoms with van der Waals surface area (Å²) in [6, 6.07) is 13.2. The van der Waals surface area contributed by atoms with Crippen molar-refractivity contribution in [2.45, 2.75) is 12.8 Å². The van der Waals surface area contributed by atoms with Crippen molar-refractivity contribution >= 4 is 28.4 Å². The average molecular weight is 366 g/mol. The third-order valence-electron chi connectivity index (χ3n) is 4.94. The smallest absolute Gasteiger partial charge is 0.274 e. The summed E-state index contributed by atoms with van der Waals surface area (Å²) in [5.41, 5.74) is 1.82. The molecule has 7 heteroatoms. The number of likely N-dealkylation sites (tertiary alicyclic amines) is 1. The first-order valence-corrected chi connectivity index (χ1v) is 8.90. The zero-order valence-electron chi connectivity index (χ0n) is 14.6. The number of H-pyrrole nitrogens is 1. The van der Waals surface area contributed by atoms with Gasteiger partial charge in [-0.1, -0.05) is 18.2 Å². The van der Waals surface area contributed by atoms with Gasteiger partial charge in [-0.25, -0.2) is 4.39 Å². The number of halogens is 1. The molecule has 4 rings (SSSR count). The van der Waals surface area contributed by atoms with Gasteiger partial charge in [0.05, 0.1) is 5.52 Å². The highest BCUT2D eigenvalue weighted by molar-refractivity contribution is 6.04. The Bertz CT molecular complexity index is 975. The number of amides is 2. The highest BCUT2D eigenvalue weighted by Gasteiger charge is 2.29. The molecule has 1 aliphatic heterocycles. The second kappa shape index (κ2) is 7.19. The van der Waals surface area contributed by atoms with Crippen LogP contribution in [0.15, 0.2) is 48.5 Å². The number of piperidine rings is 1. The summed E-state index contributed by atoms with van der Waals surface area (Å²) in [5, 5.41) is 10.7. The van der Waals surface area contributed by atoms with E-state index in [-0.39, 0.29) is 23.5 Å². The molecule has 2 N–H and O–H groups in total. The maximum Gasteiger partial charge on any atom is 0.274 e. The largest absolute Gasteiger partial charge is 0.337 e. The number of anilines is 1. The molecule has 1 aliphatic rings. The number of carbonyl (C=O) groups excluding carboxylic acids is 2. The third-order valence-corrected chi connectivity index (χ3v) is 4.94. The van der Waals surface area contributed by atoms with Crippen molar-refractivity contribution in [3.05, 3.63) is 60.0 Å². The maximum atomic E-state index is 13.0. The Hall–Kier alpha value is -3.22. The molecule has 0 spiro atoms. The van der Waals surface area contributed by atoms with Gasteiger partial charge >= 0.3 is 0 Å². The molecule has 27 heavy (non-hydrogen) atoms. The Morgan fingerprint density at radius 2 is 1.78 bits per heavy atom. The second-order valence-electron chi connectivity index (χ2n) is 6.68. The van der Waals surface area contributed by atoms with E-state index in [2.05, 4.69) is 15.5 Å². The highest BCUT2D eigenvalue weighted by Crippen LogP contribution is 2.23. The summed E-state index contributed by atoms with van der Waals surface area (Å²) in [6.45, 7) is 1.00. The molecular formula is C20H19FN4O2. The van der Waals surface area contributed by atoms with Crippen LogP contribution in [0.3, 0.4) is 0 Å². The standard InChI is InChI=1S/C20H19FN4O2/c21-14-5-7-15(8-6-14)22-19(26)13-9-11-25(12-10-13)20(27)18-16-3-1-2-4-17(16)23-24-18/h1-8,13H,9-12H2,(H,22,26)(H,23,24). The number of hydrogen-bond donors (Lipinski definition) is 2. The van der Waals surface area contributed by atoms with Crippen LogP contribution in [0, 0.1) is 11.7 Å². The number of nitrogens with one attached hydrogen (secondary N) is 2. The van der Waals surface area contributed by atoms with E-state index in [0.29, 0.717) is 37.3 Å². The van der Waals surface area contributed by atoms with Crippen LogP contribution in [0.2, 0.25) is 0 Å². The Morgan fingerprint density at radius 3 is 2.52 bits per heavy atom. The maximum absolute atomic E-state index is 13.0. The van der Waals surface area contributed by atoms with Crippen molar-refractivity contribution in [2.75, 3.05) is 18.4 Å². The van der Waals surface area contributed by atoms with Gasteiger partial charge in [-0.15, -0.1) is 0 Å². The minimum Gasteiger partial charge on any atom is -0.337 e. The summed E-state index contributed by atoms with van der Waals surface area (Å²) in [6.07, 6.45) is 1.17. The molecule has 0 bridgehead atoms. The van der Waals surface area contributed by atoms with Crippen molar-refractivity contribution in [3.8, 4) is 0 Å². The zero-order valence-corrected chi connectivity index (χ0v) is 14.6. The lowest BCUT2D eigenvalue weighted by Crippen LogP contribution is -2.41. The molecule has 0 atom stereocenters. The Morgan fingerprint density at radius 1 is 1.07 bits per heavy atom. The molecule has 2 amide bonds. The van der Waals surface area contributed by atoms with Gasteiger partial charge in [0.25, 0.3) is 5.91 Å². The van der Waals surface area contributed by atoms with Gasteiger partial charge in [0.15, 0.2) is 5.69 Å². The van der Waals surface area contributed by atoms with E-state index < -0.39 is 0 Å². The minimum atomic E-state index is -0.342. The summed E-state index contributed by atoms with van der Waals surface area (Å²) < 4.78 is 13.0. The molecular weight excluding hydrogens is 347 g/mol. The SMILES string of the molecule is O=C(Nc1ccc(F)cc1)C1CCN(C(=O)c2n[nH]c3ccccc23)CC1. The number of rotatable bonds is 3. The number of fused-ring (bicyclic) bond motifs is 1. The molecule has 2 heterocycles. The molecule has 0 unspecified atom stereocenters. The summed E-state index contributed by atoms with van der Waals surface area (Å²) in [5.74, 6) is -0.732. The van der Waals surface area contributed by atoms with E-state index >= 15 is 0 Å². The van der Waals surface area contributed by atoms with Gasteiger partial charge in [0.1, 0.15) is 5.82 Å². The van der Waals surface area contributed by atoms with E-state index in [1.54, 1.807) is 4.90 Å². The fourth-order valence-corrected chi connectivity index (χ4v) is 3.40. The van der Waals surface area contributed by atoms with Crippen LogP contribution in [0.4, 0.5) is 10.1 Å². The van der Waals surface area contributed by atoms with Crippen LogP contribution in [-0.2, 0) is 4.79 Å². The fraction of sp³-hybridized carbons (Fsp3) is 0.250. The highest BCUT2D eigenvalue weighted by atomic mass is 19.1. The molecule has 6 nitrogen and oxygen atoms in total. The van der Waals surface area contributed by atoms with Crippen molar-refractivity contribution in [1.82, 2.24) is 15.1 Å². The van der Waals surface area contributed by atoms with Gasteiger partial charge in [0.2, 0.25) is 5.91 Å². The number of nitrogens with zero attached hydrogens (tertiary/aromatic N) is 2. The van der Waals surface area contributed by atoms with Gasteiger partial charge in [0, 0.05) is 30.1 Å². The van der Waals surface area contributed by atoms with E-state index in [1.165, 1.54) is 24.3 Å². The van der Waals surface area contributed by atoms with E-state index in [9.17, 15) is 14.0 Å². The van der Waals surface area contributed by atoms with E-state index in [0.717, 1.165) is 10.9 Å². The van der Waals surface area contributed by atoms with Crippen LogP contribution in [0.5, 0.6) is 0 Å². The van der Waals surface area contributed by atoms with Gasteiger partial charge in [-0.05, 0) is 43.2 Å². The average Bonchev–Trinajstić information content (AvgIpc) is 3.13. The molecule has 0 aliphatic carbocycles. The number of carbonyl (C=O) groups is 2. The number of benzene rings is 2. The normalized spacial score (nSPS) is 15.1. The molecule has 0 radical (unpaired) electrons. The predicted molar refractivity (Wildman–Crippen MR) is 99.8 cm³/mol. The monoisotopic (exact) mass is 366 g/mol. The van der Waals surface area contributed by atoms with Crippen molar-refractivity contribution < 1.29 is 14.0 Å². The first-order valence-electron chi connectivity index (χ1n) is 8.90. The fourth-order valence-electron chi connectivity index (χ4n) is 3.40. The zero-order chi connectivity index (χ0) is 18.8. The number of aromatic nitrogens is 2. The summed E-state index contributed by atoms with van der Waals surface area (Å²) in [4.78, 5) is 26.9. The predicted octanol–water partition coefficient (Wildman–Crippen LogP) is 3.19. The third kappa shape index (κ3) is 3.53. The number of aromatic amines is 1. The first-order chi connectivity index (χ1) is 13.1. The lowest BCUT2D eigenvalue weighted by atomic mass is 9.95. The summed E-state index contributed by atoms with van der Waals surface area (Å²) >= 11 is 0. The molecule has 1 fully saturated rings. The molecule has 2 aromatic carbocycles. The quantitative estimate of drug-likeness (QED) is 0.747. The van der Waals surface area contributed by atoms with Gasteiger partial charge in [-0.2, -0.15) is 5.10 Å². The molecule has 1 aromatic heterocycles. The molecule has 3 aromatic rings. The van der Waals surface area contributed by atoms with Crippen LogP contribution in [-0.4, -0.2) is 40.0 Å². The molecule has 0 saturated carbocycles. The molecule has 1 saturated heterocycles. The Balaban J connectivity index is 1.37. The Labute approximate surface area is 155 Å². The van der Waals surface area contributed by atoms with Crippen LogP contribution >= 0.6 is 0 Å². The van der Waals surface area contributed by atoms with Crippen LogP contribution < -0.4 is 5.32 Å². The molecule has 138 valence electrons. The number of para-hydroxylation sites is 1. The topological polar surface area (TPSA) is 78.1 Å². The second-order valence-corrected chi connectivity index (χ2v) is 6.68. The van der Waals surface area contributed by atoms with Gasteiger partial charge < -0.3 is 10.2 Å². The van der Waals surface area contributed by atoms with Crippen LogP contribution in [0.1, 0.15) is 23.3 Å². The number of hydrogen-bond acceptors (Lipinski definition) is 3. The lowest BCUT2D eigenvalue weighted by molar-refractivity contribution is -0.121. The lowest BCUT2D eigenvalue weighted by Gasteiger charge is -2.31. The van der Waals surface area contributed by atoms with Gasteiger partial charge in [-0.3, -0.25) is 14.7 Å². The Kier molecular flexibility index (Phi) is 4.58. The van der Waals surface area contributed by atoms with E-state index in [4.69, 9.17) is 0 Å². The summed E-state index contributed by atoms with van der Waals surface area (Å²) in [7, 11) is 0.